The second kappa shape index (κ2) is 5.43. The summed E-state index contributed by atoms with van der Waals surface area (Å²) in [4.78, 5) is 14.7. The summed E-state index contributed by atoms with van der Waals surface area (Å²) < 4.78 is 0. The summed E-state index contributed by atoms with van der Waals surface area (Å²) in [5.74, 6) is 0.865. The number of hydrogen-bond donors (Lipinski definition) is 0. The van der Waals surface area contributed by atoms with Crippen LogP contribution in [0.1, 0.15) is 0 Å². The Balaban J connectivity index is 3.32. The van der Waals surface area contributed by atoms with Crippen molar-refractivity contribution in [1.29, 1.82) is 0 Å². The van der Waals surface area contributed by atoms with Gasteiger partial charge in [0.05, 0.1) is 0 Å². The molecule has 0 spiro atoms. The van der Waals surface area contributed by atoms with Gasteiger partial charge in [-0.1, -0.05) is 11.8 Å². The van der Waals surface area contributed by atoms with Crippen molar-refractivity contribution in [2.45, 2.75) is 0 Å². The number of hydrogen-bond acceptors (Lipinski definition) is 3. The van der Waals surface area contributed by atoms with Crippen LogP contribution in [-0.2, 0) is 0 Å². The molecule has 0 aromatic rings. The number of rotatable bonds is 3. The average Bonchev–Trinajstić information content (AvgIpc) is 1.86. The lowest BCUT2D eigenvalue weighted by atomic mass is 10.7. The fourth-order valence-electron chi connectivity index (χ4n) is 0.445. The normalized spacial score (nSPS) is 10.3. The lowest BCUT2D eigenvalue weighted by Gasteiger charge is -2.11. The summed E-state index contributed by atoms with van der Waals surface area (Å²) in [6.07, 6.45) is 0. The van der Waals surface area contributed by atoms with Gasteiger partial charge >= 0.3 is 0 Å². The summed E-state index contributed by atoms with van der Waals surface area (Å²) in [5, 5.41) is 0.131. The van der Waals surface area contributed by atoms with Gasteiger partial charge in [0.2, 0.25) is 0 Å². The van der Waals surface area contributed by atoms with E-state index in [1.165, 1.54) is 11.8 Å². The summed E-state index contributed by atoms with van der Waals surface area (Å²) >= 11 is 1.36. The average molecular weight is 176 g/mol. The second-order valence-electron chi connectivity index (χ2n) is 2.81. The van der Waals surface area contributed by atoms with Gasteiger partial charge < -0.3 is 9.80 Å². The smallest absolute Gasteiger partial charge is 0.281 e. The van der Waals surface area contributed by atoms with Gasteiger partial charge in [-0.25, -0.2) is 0 Å². The number of amides is 1. The lowest BCUT2D eigenvalue weighted by molar-refractivity contribution is 0.241. The maximum absolute atomic E-state index is 11.0. The molecule has 0 unspecified atom stereocenters. The van der Waals surface area contributed by atoms with Crippen molar-refractivity contribution in [3.8, 4) is 0 Å². The zero-order valence-electron chi connectivity index (χ0n) is 7.63. The molecule has 0 rings (SSSR count). The molecule has 3 nitrogen and oxygen atoms in total. The number of thioether (sulfide) groups is 1. The molecule has 0 atom stereocenters. The Morgan fingerprint density at radius 1 is 1.27 bits per heavy atom. The summed E-state index contributed by atoms with van der Waals surface area (Å²) in [5.41, 5.74) is 0. The van der Waals surface area contributed by atoms with E-state index in [1.54, 1.807) is 19.0 Å². The molecule has 1 amide bonds. The Labute approximate surface area is 72.7 Å². The number of carbonyl (C=O) groups is 1. The molecule has 0 aliphatic rings. The molecule has 0 saturated heterocycles. The predicted molar refractivity (Wildman–Crippen MR) is 50.1 cm³/mol. The molecule has 0 aliphatic heterocycles. The van der Waals surface area contributed by atoms with Crippen molar-refractivity contribution < 1.29 is 4.79 Å². The highest BCUT2D eigenvalue weighted by Gasteiger charge is 2.03. The maximum Gasteiger partial charge on any atom is 0.281 e. The lowest BCUT2D eigenvalue weighted by Crippen LogP contribution is -2.20. The fraction of sp³-hybridized carbons (Fsp3) is 0.857. The Hall–Kier alpha value is -0.220. The van der Waals surface area contributed by atoms with Crippen molar-refractivity contribution in [3.05, 3.63) is 0 Å². The molecular formula is C7H16N2OS. The van der Waals surface area contributed by atoms with Crippen LogP contribution in [0, 0.1) is 0 Å². The maximum atomic E-state index is 11.0. The highest BCUT2D eigenvalue weighted by molar-refractivity contribution is 8.13. The second-order valence-corrected chi connectivity index (χ2v) is 3.86. The van der Waals surface area contributed by atoms with Crippen molar-refractivity contribution in [3.63, 3.8) is 0 Å². The molecule has 0 saturated carbocycles. The van der Waals surface area contributed by atoms with Gasteiger partial charge in [-0.05, 0) is 14.1 Å². The minimum atomic E-state index is 0.131. The Bertz CT molecular complexity index is 126. The summed E-state index contributed by atoms with van der Waals surface area (Å²) in [7, 11) is 7.54. The third-order valence-electron chi connectivity index (χ3n) is 1.13. The number of carbonyl (C=O) groups excluding carboxylic acids is 1. The molecule has 0 heterocycles. The van der Waals surface area contributed by atoms with Crippen LogP contribution in [0.15, 0.2) is 0 Å². The van der Waals surface area contributed by atoms with E-state index < -0.39 is 0 Å². The van der Waals surface area contributed by atoms with Gasteiger partial charge in [-0.15, -0.1) is 0 Å². The van der Waals surface area contributed by atoms with E-state index >= 15 is 0 Å². The Morgan fingerprint density at radius 2 is 1.82 bits per heavy atom. The highest BCUT2D eigenvalue weighted by atomic mass is 32.2. The van der Waals surface area contributed by atoms with E-state index in [2.05, 4.69) is 4.90 Å². The standard InChI is InChI=1S/C7H16N2OS/c1-8(2)5-6-11-7(10)9(3)4/h5-6H2,1-4H3. The molecule has 0 radical (unpaired) electrons. The van der Waals surface area contributed by atoms with Crippen LogP contribution >= 0.6 is 11.8 Å². The topological polar surface area (TPSA) is 23.6 Å². The van der Waals surface area contributed by atoms with Gasteiger partial charge in [0.25, 0.3) is 5.24 Å². The van der Waals surface area contributed by atoms with Crippen molar-refractivity contribution >= 4 is 17.0 Å². The van der Waals surface area contributed by atoms with E-state index in [9.17, 15) is 4.79 Å². The van der Waals surface area contributed by atoms with Gasteiger partial charge in [0.1, 0.15) is 0 Å². The molecule has 0 aliphatic carbocycles. The van der Waals surface area contributed by atoms with Crippen LogP contribution in [-0.4, -0.2) is 55.5 Å². The zero-order valence-corrected chi connectivity index (χ0v) is 8.44. The first-order valence-corrected chi connectivity index (χ1v) is 4.51. The summed E-state index contributed by atoms with van der Waals surface area (Å²) in [6, 6.07) is 0. The fourth-order valence-corrected chi connectivity index (χ4v) is 1.33. The Kier molecular flexibility index (Phi) is 5.32. The van der Waals surface area contributed by atoms with Gasteiger partial charge in [-0.3, -0.25) is 4.79 Å². The van der Waals surface area contributed by atoms with Crippen LogP contribution < -0.4 is 0 Å². The quantitative estimate of drug-likeness (QED) is 0.640. The van der Waals surface area contributed by atoms with E-state index in [1.807, 2.05) is 14.1 Å². The largest absolute Gasteiger partial charge is 0.340 e. The van der Waals surface area contributed by atoms with E-state index in [0.717, 1.165) is 12.3 Å². The first-order valence-electron chi connectivity index (χ1n) is 3.53. The predicted octanol–water partition coefficient (Wildman–Crippen LogP) is 0.963. The van der Waals surface area contributed by atoms with Gasteiger partial charge in [0.15, 0.2) is 0 Å². The van der Waals surface area contributed by atoms with Crippen LogP contribution in [0.25, 0.3) is 0 Å². The molecule has 0 aromatic carbocycles. The molecule has 0 bridgehead atoms. The molecule has 4 heteroatoms. The van der Waals surface area contributed by atoms with Gasteiger partial charge in [0, 0.05) is 26.4 Å². The third-order valence-corrected chi connectivity index (χ3v) is 2.13. The minimum absolute atomic E-state index is 0.131. The third kappa shape index (κ3) is 6.19. The van der Waals surface area contributed by atoms with Crippen molar-refractivity contribution in [2.24, 2.45) is 0 Å². The first-order chi connectivity index (χ1) is 5.04. The molecule has 0 fully saturated rings. The molecular weight excluding hydrogens is 160 g/mol. The van der Waals surface area contributed by atoms with Crippen LogP contribution in [0.2, 0.25) is 0 Å². The first kappa shape index (κ1) is 10.8. The van der Waals surface area contributed by atoms with Crippen LogP contribution in [0.3, 0.4) is 0 Å². The van der Waals surface area contributed by atoms with E-state index in [4.69, 9.17) is 0 Å². The molecule has 0 aromatic heterocycles. The van der Waals surface area contributed by atoms with Crippen molar-refractivity contribution in [2.75, 3.05) is 40.5 Å². The SMILES string of the molecule is CN(C)CCSC(=O)N(C)C. The van der Waals surface area contributed by atoms with Crippen LogP contribution in [0.5, 0.6) is 0 Å². The Morgan fingerprint density at radius 3 is 2.18 bits per heavy atom. The van der Waals surface area contributed by atoms with Crippen LogP contribution in [0.4, 0.5) is 4.79 Å². The zero-order chi connectivity index (χ0) is 8.85. The molecule has 0 N–H and O–H groups in total. The van der Waals surface area contributed by atoms with E-state index in [-0.39, 0.29) is 5.24 Å². The van der Waals surface area contributed by atoms with Crippen molar-refractivity contribution in [1.82, 2.24) is 9.80 Å². The monoisotopic (exact) mass is 176 g/mol. The van der Waals surface area contributed by atoms with Gasteiger partial charge in [-0.2, -0.15) is 0 Å². The minimum Gasteiger partial charge on any atom is -0.340 e. The highest BCUT2D eigenvalue weighted by Crippen LogP contribution is 2.04. The molecule has 66 valence electrons. The van der Waals surface area contributed by atoms with E-state index in [0.29, 0.717) is 0 Å². The molecule has 11 heavy (non-hydrogen) atoms. The summed E-state index contributed by atoms with van der Waals surface area (Å²) in [6.45, 7) is 0.949. The number of nitrogens with zero attached hydrogens (tertiary/aromatic N) is 2.